The van der Waals surface area contributed by atoms with Crippen LogP contribution >= 0.6 is 11.3 Å². The van der Waals surface area contributed by atoms with Gasteiger partial charge >= 0.3 is 6.09 Å². The first-order chi connectivity index (χ1) is 17.3. The fourth-order valence-electron chi connectivity index (χ4n) is 3.97. The van der Waals surface area contributed by atoms with Crippen LogP contribution in [0.3, 0.4) is 0 Å². The zero-order chi connectivity index (χ0) is 27.0. The summed E-state index contributed by atoms with van der Waals surface area (Å²) in [7, 11) is 0. The number of anilines is 1. The summed E-state index contributed by atoms with van der Waals surface area (Å²) in [5.74, 6) is -0.249. The van der Waals surface area contributed by atoms with E-state index < -0.39 is 17.7 Å². The van der Waals surface area contributed by atoms with Crippen LogP contribution in [0.1, 0.15) is 68.4 Å². The van der Waals surface area contributed by atoms with Gasteiger partial charge in [0, 0.05) is 23.0 Å². The van der Waals surface area contributed by atoms with Gasteiger partial charge in [0.2, 0.25) is 0 Å². The topological polar surface area (TPSA) is 106 Å². The van der Waals surface area contributed by atoms with Gasteiger partial charge in [-0.2, -0.15) is 0 Å². The molecule has 2 aromatic heterocycles. The van der Waals surface area contributed by atoms with Gasteiger partial charge in [0.1, 0.15) is 10.4 Å². The minimum atomic E-state index is -0.624. The molecule has 1 unspecified atom stereocenters. The summed E-state index contributed by atoms with van der Waals surface area (Å²) in [6.45, 7) is 12.1. The number of ether oxygens (including phenoxy) is 1. The van der Waals surface area contributed by atoms with E-state index in [1.165, 1.54) is 16.9 Å². The van der Waals surface area contributed by atoms with Crippen LogP contribution in [-0.4, -0.2) is 29.1 Å². The second kappa shape index (κ2) is 10.0. The number of fused-ring (bicyclic) bond motifs is 2. The van der Waals surface area contributed by atoms with Crippen molar-refractivity contribution in [3.8, 4) is 0 Å². The summed E-state index contributed by atoms with van der Waals surface area (Å²) < 4.78 is 5.35. The Kier molecular flexibility index (Phi) is 7.15. The predicted molar refractivity (Wildman–Crippen MR) is 151 cm³/mol. The van der Waals surface area contributed by atoms with Crippen molar-refractivity contribution in [1.29, 1.82) is 0 Å². The van der Waals surface area contributed by atoms with Gasteiger partial charge in [0.15, 0.2) is 0 Å². The van der Waals surface area contributed by atoms with E-state index >= 15 is 0 Å². The smallest absolute Gasteiger partial charge is 0.407 e. The molecule has 0 spiro atoms. The fourth-order valence-corrected chi connectivity index (χ4v) is 4.90. The number of nitrogens with one attached hydrogen (secondary N) is 2. The largest absolute Gasteiger partial charge is 0.444 e. The van der Waals surface area contributed by atoms with E-state index in [-0.39, 0.29) is 17.9 Å². The van der Waals surface area contributed by atoms with Crippen LogP contribution in [0, 0.1) is 0 Å². The van der Waals surface area contributed by atoms with Gasteiger partial charge < -0.3 is 21.1 Å². The highest BCUT2D eigenvalue weighted by Gasteiger charge is 2.22. The molecule has 4 aromatic rings. The Hall–Kier alpha value is -3.65. The maximum Gasteiger partial charge on any atom is 0.407 e. The number of nitrogen functional groups attached to an aromatic ring is 1. The highest BCUT2D eigenvalue weighted by Crippen LogP contribution is 2.31. The first-order valence-electron chi connectivity index (χ1n) is 12.3. The zero-order valence-corrected chi connectivity index (χ0v) is 23.0. The minimum absolute atomic E-state index is 0.0338. The molecule has 0 saturated heterocycles. The quantitative estimate of drug-likeness (QED) is 0.268. The van der Waals surface area contributed by atoms with Crippen LogP contribution < -0.4 is 16.4 Å². The zero-order valence-electron chi connectivity index (χ0n) is 22.1. The maximum atomic E-state index is 13.3. The summed E-state index contributed by atoms with van der Waals surface area (Å²) in [6, 6.07) is 17.0. The van der Waals surface area contributed by atoms with Gasteiger partial charge in [0.25, 0.3) is 5.91 Å². The van der Waals surface area contributed by atoms with E-state index in [0.29, 0.717) is 10.6 Å². The number of hydrogen-bond acceptors (Lipinski definition) is 6. The van der Waals surface area contributed by atoms with Crippen molar-refractivity contribution in [2.24, 2.45) is 0 Å². The molecule has 0 aliphatic heterocycles. The van der Waals surface area contributed by atoms with Gasteiger partial charge in [0.05, 0.1) is 16.4 Å². The lowest BCUT2D eigenvalue weighted by Crippen LogP contribution is -2.40. The van der Waals surface area contributed by atoms with Crippen LogP contribution in [0.4, 0.5) is 10.5 Å². The van der Waals surface area contributed by atoms with Gasteiger partial charge in [-0.25, -0.2) is 9.78 Å². The van der Waals surface area contributed by atoms with Crippen molar-refractivity contribution in [3.63, 3.8) is 0 Å². The number of benzene rings is 2. The molecular formula is C29H34N4O3S. The molecule has 0 saturated carbocycles. The Balaban J connectivity index is 1.59. The predicted octanol–water partition coefficient (Wildman–Crippen LogP) is 6.33. The van der Waals surface area contributed by atoms with E-state index in [2.05, 4.69) is 49.6 Å². The maximum absolute atomic E-state index is 13.3. The number of thiophene rings is 1. The third-order valence-corrected chi connectivity index (χ3v) is 6.90. The molecule has 194 valence electrons. The molecule has 7 nitrogen and oxygen atoms in total. The van der Waals surface area contributed by atoms with Crippen LogP contribution in [-0.2, 0) is 10.2 Å². The van der Waals surface area contributed by atoms with Crippen molar-refractivity contribution in [2.75, 3.05) is 12.3 Å². The highest BCUT2D eigenvalue weighted by molar-refractivity contribution is 7.20. The molecule has 8 heteroatoms. The molecule has 4 rings (SSSR count). The third-order valence-electron chi connectivity index (χ3n) is 5.86. The monoisotopic (exact) mass is 518 g/mol. The summed E-state index contributed by atoms with van der Waals surface area (Å²) >= 11 is 1.34. The number of aromatic nitrogens is 1. The highest BCUT2D eigenvalue weighted by atomic mass is 32.1. The second-order valence-electron chi connectivity index (χ2n) is 11.2. The minimum Gasteiger partial charge on any atom is -0.444 e. The van der Waals surface area contributed by atoms with Crippen LogP contribution in [0.5, 0.6) is 0 Å². The van der Waals surface area contributed by atoms with E-state index in [4.69, 9.17) is 15.5 Å². The Labute approximate surface area is 221 Å². The number of amides is 2. The van der Waals surface area contributed by atoms with Crippen molar-refractivity contribution < 1.29 is 14.3 Å². The molecule has 37 heavy (non-hydrogen) atoms. The van der Waals surface area contributed by atoms with Gasteiger partial charge in [-0.15, -0.1) is 11.3 Å². The van der Waals surface area contributed by atoms with Gasteiger partial charge in [-0.05, 0) is 73.7 Å². The lowest BCUT2D eigenvalue weighted by atomic mass is 9.86. The molecule has 4 N–H and O–H groups in total. The van der Waals surface area contributed by atoms with Crippen molar-refractivity contribution in [2.45, 2.75) is 58.6 Å². The number of hydrogen-bond donors (Lipinski definition) is 3. The summed E-state index contributed by atoms with van der Waals surface area (Å²) in [6.07, 6.45) is -0.553. The van der Waals surface area contributed by atoms with Crippen LogP contribution in [0.2, 0.25) is 0 Å². The summed E-state index contributed by atoms with van der Waals surface area (Å²) in [4.78, 5) is 31.7. The molecule has 2 heterocycles. The standard InChI is InChI=1S/C29H34N4O3S/c1-28(2,3)20-10-11-22-18(13-20)12-19-15-24(37-26(19)33-22)25(34)32-23(17-8-7-9-21(30)14-17)16-31-27(35)36-29(4,5)6/h7-15,23H,16,30H2,1-6H3,(H,31,35)(H,32,34). The van der Waals surface area contributed by atoms with E-state index in [0.717, 1.165) is 26.7 Å². The Morgan fingerprint density at radius 1 is 1.00 bits per heavy atom. The average Bonchev–Trinajstić information content (AvgIpc) is 3.21. The third kappa shape index (κ3) is 6.57. The van der Waals surface area contributed by atoms with E-state index in [1.807, 2.05) is 24.3 Å². The molecular weight excluding hydrogens is 484 g/mol. The summed E-state index contributed by atoms with van der Waals surface area (Å²) in [5, 5.41) is 7.76. The Bertz CT molecular complexity index is 1460. The molecule has 2 aromatic carbocycles. The number of carbonyl (C=O) groups excluding carboxylic acids is 2. The normalized spacial score (nSPS) is 12.9. The van der Waals surface area contributed by atoms with Crippen molar-refractivity contribution in [1.82, 2.24) is 15.6 Å². The number of alkyl carbamates (subject to hydrolysis) is 1. The van der Waals surface area contributed by atoms with Gasteiger partial charge in [-0.3, -0.25) is 4.79 Å². The van der Waals surface area contributed by atoms with Gasteiger partial charge in [-0.1, -0.05) is 39.0 Å². The first kappa shape index (κ1) is 26.4. The molecule has 2 amide bonds. The van der Waals surface area contributed by atoms with Crippen LogP contribution in [0.15, 0.2) is 54.6 Å². The lowest BCUT2D eigenvalue weighted by Gasteiger charge is -2.23. The molecule has 0 aliphatic rings. The molecule has 0 bridgehead atoms. The Morgan fingerprint density at radius 3 is 2.43 bits per heavy atom. The number of nitrogens with two attached hydrogens (primary N) is 1. The number of carbonyl (C=O) groups is 2. The molecule has 0 fully saturated rings. The number of rotatable bonds is 5. The van der Waals surface area contributed by atoms with E-state index in [1.54, 1.807) is 32.9 Å². The molecule has 0 radical (unpaired) electrons. The number of nitrogens with zero attached hydrogens (tertiary/aromatic N) is 1. The van der Waals surface area contributed by atoms with Crippen molar-refractivity contribution >= 4 is 50.1 Å². The van der Waals surface area contributed by atoms with Crippen LogP contribution in [0.25, 0.3) is 21.1 Å². The average molecular weight is 519 g/mol. The fraction of sp³-hybridized carbons (Fsp3) is 0.345. The Morgan fingerprint density at radius 2 is 1.76 bits per heavy atom. The number of pyridine rings is 1. The second-order valence-corrected chi connectivity index (χ2v) is 12.3. The van der Waals surface area contributed by atoms with E-state index in [9.17, 15) is 9.59 Å². The molecule has 0 aliphatic carbocycles. The SMILES string of the molecule is CC(C)(C)OC(=O)NCC(NC(=O)c1cc2cc3cc(C(C)(C)C)ccc3nc2s1)c1cccc(N)c1. The lowest BCUT2D eigenvalue weighted by molar-refractivity contribution is 0.0520. The molecule has 1 atom stereocenters. The summed E-state index contributed by atoms with van der Waals surface area (Å²) in [5.41, 5.74) is 8.88. The first-order valence-corrected chi connectivity index (χ1v) is 13.1. The van der Waals surface area contributed by atoms with Crippen molar-refractivity contribution in [3.05, 3.63) is 70.6 Å².